The fraction of sp³-hybridized carbons (Fsp3) is 0.889. The predicted molar refractivity (Wildman–Crippen MR) is 88.2 cm³/mol. The molecule has 2 rings (SSSR count). The van der Waals surface area contributed by atoms with Crippen LogP contribution in [0.5, 0.6) is 0 Å². The van der Waals surface area contributed by atoms with E-state index in [1.165, 1.54) is 38.5 Å². The molecule has 1 amide bonds. The molecule has 0 aromatic rings. The number of nitriles is 1. The highest BCUT2D eigenvalue weighted by atomic mass is 16.2. The van der Waals surface area contributed by atoms with Crippen LogP contribution in [0.4, 0.5) is 0 Å². The van der Waals surface area contributed by atoms with Crippen molar-refractivity contribution in [3.63, 3.8) is 0 Å². The Morgan fingerprint density at radius 1 is 1.18 bits per heavy atom. The highest BCUT2D eigenvalue weighted by molar-refractivity contribution is 5.78. The third-order valence-electron chi connectivity index (χ3n) is 5.24. The van der Waals surface area contributed by atoms with Gasteiger partial charge in [-0.1, -0.05) is 6.92 Å². The molecule has 1 atom stereocenters. The monoisotopic (exact) mass is 305 g/mol. The van der Waals surface area contributed by atoms with Crippen LogP contribution < -0.4 is 0 Å². The Labute approximate surface area is 135 Å². The minimum Gasteiger partial charge on any atom is -0.341 e. The van der Waals surface area contributed by atoms with Crippen LogP contribution in [0.1, 0.15) is 59.3 Å². The third kappa shape index (κ3) is 4.71. The van der Waals surface area contributed by atoms with E-state index in [0.29, 0.717) is 31.7 Å². The van der Waals surface area contributed by atoms with E-state index >= 15 is 0 Å². The van der Waals surface area contributed by atoms with Crippen molar-refractivity contribution in [1.29, 1.82) is 5.26 Å². The lowest BCUT2D eigenvalue weighted by Crippen LogP contribution is -2.47. The largest absolute Gasteiger partial charge is 0.341 e. The molecule has 124 valence electrons. The van der Waals surface area contributed by atoms with E-state index in [-0.39, 0.29) is 11.8 Å². The SMILES string of the molecule is CCN(CC(C)C#N)C(=O)CN(C1CCC(C)CC1)C1CC1. The summed E-state index contributed by atoms with van der Waals surface area (Å²) in [6, 6.07) is 3.46. The maximum atomic E-state index is 12.7. The highest BCUT2D eigenvalue weighted by Crippen LogP contribution is 2.35. The fourth-order valence-corrected chi connectivity index (χ4v) is 3.57. The van der Waals surface area contributed by atoms with Gasteiger partial charge >= 0.3 is 0 Å². The Morgan fingerprint density at radius 3 is 2.18 bits per heavy atom. The lowest BCUT2D eigenvalue weighted by Gasteiger charge is -2.37. The normalized spacial score (nSPS) is 26.5. The number of amides is 1. The molecule has 2 fully saturated rings. The molecule has 0 aromatic carbocycles. The second-order valence-electron chi connectivity index (χ2n) is 7.28. The second-order valence-corrected chi connectivity index (χ2v) is 7.28. The van der Waals surface area contributed by atoms with Gasteiger partial charge in [0, 0.05) is 25.2 Å². The molecule has 22 heavy (non-hydrogen) atoms. The molecule has 4 nitrogen and oxygen atoms in total. The minimum atomic E-state index is -0.0891. The lowest BCUT2D eigenvalue weighted by atomic mass is 9.86. The van der Waals surface area contributed by atoms with Crippen molar-refractivity contribution >= 4 is 5.91 Å². The van der Waals surface area contributed by atoms with Crippen LogP contribution in [0, 0.1) is 23.2 Å². The zero-order valence-corrected chi connectivity index (χ0v) is 14.4. The number of carbonyl (C=O) groups is 1. The van der Waals surface area contributed by atoms with Gasteiger partial charge < -0.3 is 4.90 Å². The number of rotatable bonds is 7. The summed E-state index contributed by atoms with van der Waals surface area (Å²) in [4.78, 5) is 17.0. The summed E-state index contributed by atoms with van der Waals surface area (Å²) >= 11 is 0. The molecule has 0 heterocycles. The van der Waals surface area contributed by atoms with E-state index in [9.17, 15) is 4.79 Å². The Hall–Kier alpha value is -1.08. The molecule has 0 saturated heterocycles. The number of hydrogen-bond donors (Lipinski definition) is 0. The first-order chi connectivity index (χ1) is 10.5. The summed E-state index contributed by atoms with van der Waals surface area (Å²) in [5.41, 5.74) is 0. The molecule has 2 aliphatic rings. The molecule has 0 aliphatic heterocycles. The van der Waals surface area contributed by atoms with E-state index in [2.05, 4.69) is 17.9 Å². The van der Waals surface area contributed by atoms with E-state index in [4.69, 9.17) is 5.26 Å². The first-order valence-corrected chi connectivity index (χ1v) is 8.98. The van der Waals surface area contributed by atoms with Crippen molar-refractivity contribution in [2.75, 3.05) is 19.6 Å². The summed E-state index contributed by atoms with van der Waals surface area (Å²) in [6.07, 6.45) is 7.58. The van der Waals surface area contributed by atoms with Crippen molar-refractivity contribution in [3.8, 4) is 6.07 Å². The maximum absolute atomic E-state index is 12.7. The van der Waals surface area contributed by atoms with Gasteiger partial charge in [0.1, 0.15) is 0 Å². The number of carbonyl (C=O) groups excluding carboxylic acids is 1. The standard InChI is InChI=1S/C18H31N3O/c1-4-20(12-15(3)11-19)18(22)13-21(17-9-10-17)16-7-5-14(2)6-8-16/h14-17H,4-10,12-13H2,1-3H3. The first kappa shape index (κ1) is 17.3. The summed E-state index contributed by atoms with van der Waals surface area (Å²) in [6.45, 7) is 8.04. The average molecular weight is 305 g/mol. The zero-order valence-electron chi connectivity index (χ0n) is 14.4. The van der Waals surface area contributed by atoms with Gasteiger partial charge in [-0.15, -0.1) is 0 Å². The van der Waals surface area contributed by atoms with Crippen LogP contribution >= 0.6 is 0 Å². The van der Waals surface area contributed by atoms with E-state index < -0.39 is 0 Å². The molecule has 4 heteroatoms. The molecule has 0 spiro atoms. The van der Waals surface area contributed by atoms with Crippen molar-refractivity contribution in [1.82, 2.24) is 9.80 Å². The van der Waals surface area contributed by atoms with Crippen molar-refractivity contribution < 1.29 is 4.79 Å². The molecular weight excluding hydrogens is 274 g/mol. The first-order valence-electron chi connectivity index (χ1n) is 8.98. The maximum Gasteiger partial charge on any atom is 0.236 e. The van der Waals surface area contributed by atoms with Gasteiger partial charge in [-0.3, -0.25) is 9.69 Å². The Bertz CT molecular complexity index is 405. The summed E-state index contributed by atoms with van der Waals surface area (Å²) in [5, 5.41) is 8.97. The number of likely N-dealkylation sites (N-methyl/N-ethyl adjacent to an activating group) is 1. The van der Waals surface area contributed by atoms with Crippen molar-refractivity contribution in [2.24, 2.45) is 11.8 Å². The Kier molecular flexibility index (Phi) is 6.26. The smallest absolute Gasteiger partial charge is 0.236 e. The summed E-state index contributed by atoms with van der Waals surface area (Å²) in [5.74, 6) is 0.959. The number of nitrogens with zero attached hydrogens (tertiary/aromatic N) is 3. The van der Waals surface area contributed by atoms with Gasteiger partial charge in [-0.2, -0.15) is 5.26 Å². The minimum absolute atomic E-state index is 0.0891. The summed E-state index contributed by atoms with van der Waals surface area (Å²) < 4.78 is 0. The average Bonchev–Trinajstić information content (AvgIpc) is 3.35. The summed E-state index contributed by atoms with van der Waals surface area (Å²) in [7, 11) is 0. The molecule has 0 aromatic heterocycles. The van der Waals surface area contributed by atoms with Gasteiger partial charge in [0.25, 0.3) is 0 Å². The van der Waals surface area contributed by atoms with Crippen LogP contribution in [-0.4, -0.2) is 47.4 Å². The molecule has 2 saturated carbocycles. The predicted octanol–water partition coefficient (Wildman–Crippen LogP) is 3.04. The van der Waals surface area contributed by atoms with Crippen molar-refractivity contribution in [2.45, 2.75) is 71.4 Å². The Morgan fingerprint density at radius 2 is 1.73 bits per heavy atom. The Balaban J connectivity index is 1.92. The van der Waals surface area contributed by atoms with Crippen LogP contribution in [0.3, 0.4) is 0 Å². The molecule has 0 radical (unpaired) electrons. The van der Waals surface area contributed by atoms with Crippen LogP contribution in [-0.2, 0) is 4.79 Å². The topological polar surface area (TPSA) is 47.3 Å². The van der Waals surface area contributed by atoms with Gasteiger partial charge in [0.05, 0.1) is 18.5 Å². The van der Waals surface area contributed by atoms with Crippen LogP contribution in [0.2, 0.25) is 0 Å². The lowest BCUT2D eigenvalue weighted by molar-refractivity contribution is -0.133. The van der Waals surface area contributed by atoms with Crippen LogP contribution in [0.15, 0.2) is 0 Å². The van der Waals surface area contributed by atoms with Gasteiger partial charge in [-0.25, -0.2) is 0 Å². The molecule has 0 bridgehead atoms. The van der Waals surface area contributed by atoms with Gasteiger partial charge in [0.15, 0.2) is 0 Å². The second kappa shape index (κ2) is 7.97. The van der Waals surface area contributed by atoms with Gasteiger partial charge in [0.2, 0.25) is 5.91 Å². The highest BCUT2D eigenvalue weighted by Gasteiger charge is 2.36. The molecule has 1 unspecified atom stereocenters. The van der Waals surface area contributed by atoms with E-state index in [1.807, 2.05) is 18.7 Å². The quantitative estimate of drug-likeness (QED) is 0.726. The fourth-order valence-electron chi connectivity index (χ4n) is 3.57. The number of hydrogen-bond acceptors (Lipinski definition) is 3. The molecule has 2 aliphatic carbocycles. The van der Waals surface area contributed by atoms with Crippen molar-refractivity contribution in [3.05, 3.63) is 0 Å². The van der Waals surface area contributed by atoms with E-state index in [0.717, 1.165) is 5.92 Å². The van der Waals surface area contributed by atoms with Gasteiger partial charge in [-0.05, 0) is 58.3 Å². The molecular formula is C18H31N3O. The molecule has 0 N–H and O–H groups in total. The zero-order chi connectivity index (χ0) is 16.1. The van der Waals surface area contributed by atoms with E-state index in [1.54, 1.807) is 0 Å². The third-order valence-corrected chi connectivity index (χ3v) is 5.24. The van der Waals surface area contributed by atoms with Crippen LogP contribution in [0.25, 0.3) is 0 Å².